The van der Waals surface area contributed by atoms with Crippen LogP contribution < -0.4 is 11.1 Å². The molecule has 6 heteroatoms. The van der Waals surface area contributed by atoms with Crippen LogP contribution in [0.25, 0.3) is 0 Å². The summed E-state index contributed by atoms with van der Waals surface area (Å²) >= 11 is 0. The van der Waals surface area contributed by atoms with Crippen molar-refractivity contribution in [3.63, 3.8) is 0 Å². The Labute approximate surface area is 104 Å². The first kappa shape index (κ1) is 12.0. The summed E-state index contributed by atoms with van der Waals surface area (Å²) in [5.41, 5.74) is 4.90. The molecule has 0 radical (unpaired) electrons. The van der Waals surface area contributed by atoms with Gasteiger partial charge in [0.1, 0.15) is 5.69 Å². The molecule has 2 aromatic rings. The molecule has 0 atom stereocenters. The zero-order chi connectivity index (χ0) is 13.0. The Morgan fingerprint density at radius 1 is 1.33 bits per heavy atom. The van der Waals surface area contributed by atoms with Gasteiger partial charge in [-0.15, -0.1) is 0 Å². The summed E-state index contributed by atoms with van der Waals surface area (Å²) in [4.78, 5) is 14.7. The number of aromatic nitrogens is 3. The maximum atomic E-state index is 11.0. The van der Waals surface area contributed by atoms with E-state index in [-0.39, 0.29) is 0 Å². The van der Waals surface area contributed by atoms with E-state index < -0.39 is 5.69 Å². The smallest absolute Gasteiger partial charge is 0.260 e. The number of anilines is 1. The lowest BCUT2D eigenvalue weighted by atomic mass is 10.1. The highest BCUT2D eigenvalue weighted by atomic mass is 16.1. The van der Waals surface area contributed by atoms with Gasteiger partial charge < -0.3 is 0 Å². The van der Waals surface area contributed by atoms with Crippen LogP contribution in [-0.2, 0) is 0 Å². The number of aryl methyl sites for hydroxylation is 2. The van der Waals surface area contributed by atoms with Gasteiger partial charge in [0, 0.05) is 0 Å². The number of nitrogens with one attached hydrogen (secondary N) is 2. The van der Waals surface area contributed by atoms with Crippen LogP contribution in [0.3, 0.4) is 0 Å². The molecule has 0 aliphatic carbocycles. The lowest BCUT2D eigenvalue weighted by Crippen LogP contribution is -2.15. The highest BCUT2D eigenvalue weighted by molar-refractivity contribution is 5.82. The average molecular weight is 243 g/mol. The summed E-state index contributed by atoms with van der Waals surface area (Å²) in [6.07, 6.45) is 1.68. The maximum absolute atomic E-state index is 11.0. The van der Waals surface area contributed by atoms with Crippen molar-refractivity contribution in [2.45, 2.75) is 13.8 Å². The lowest BCUT2D eigenvalue weighted by molar-refractivity contribution is 0.879. The number of hydrogen-bond donors (Lipinski definition) is 2. The largest absolute Gasteiger partial charge is 0.363 e. The van der Waals surface area contributed by atoms with Gasteiger partial charge in [0.25, 0.3) is 0 Å². The van der Waals surface area contributed by atoms with Crippen LogP contribution >= 0.6 is 0 Å². The zero-order valence-electron chi connectivity index (χ0n) is 10.1. The van der Waals surface area contributed by atoms with Gasteiger partial charge in [-0.25, -0.2) is 9.89 Å². The highest BCUT2D eigenvalue weighted by Gasteiger charge is 2.00. The van der Waals surface area contributed by atoms with E-state index in [4.69, 9.17) is 0 Å². The van der Waals surface area contributed by atoms with Crippen LogP contribution in [0.15, 0.2) is 34.2 Å². The molecule has 0 bridgehead atoms. The Bertz CT molecular complexity index is 632. The molecule has 0 amide bonds. The van der Waals surface area contributed by atoms with E-state index >= 15 is 0 Å². The number of H-pyrrole nitrogens is 1. The molecule has 0 fully saturated rings. The topological polar surface area (TPSA) is 83.0 Å². The van der Waals surface area contributed by atoms with Gasteiger partial charge in [-0.2, -0.15) is 15.2 Å². The summed E-state index contributed by atoms with van der Waals surface area (Å²) in [5.74, 6) is 0.351. The normalized spacial score (nSPS) is 10.8. The molecule has 0 aliphatic heterocycles. The Morgan fingerprint density at radius 3 is 2.89 bits per heavy atom. The van der Waals surface area contributed by atoms with E-state index in [1.54, 1.807) is 13.1 Å². The van der Waals surface area contributed by atoms with E-state index in [0.717, 1.165) is 11.1 Å². The third-order valence-corrected chi connectivity index (χ3v) is 2.44. The van der Waals surface area contributed by atoms with Crippen LogP contribution in [0, 0.1) is 13.8 Å². The SMILES string of the molecule is Cc1ccccc1/C=N\Nc1nc(=O)[nH]nc1C. The minimum atomic E-state index is -0.505. The highest BCUT2D eigenvalue weighted by Crippen LogP contribution is 2.05. The molecule has 1 aromatic heterocycles. The van der Waals surface area contributed by atoms with E-state index in [2.05, 4.69) is 25.7 Å². The molecular formula is C12H13N5O. The molecule has 6 nitrogen and oxygen atoms in total. The van der Waals surface area contributed by atoms with Crippen molar-refractivity contribution in [1.82, 2.24) is 15.2 Å². The third-order valence-electron chi connectivity index (χ3n) is 2.44. The summed E-state index contributed by atoms with van der Waals surface area (Å²) in [7, 11) is 0. The number of hydrogen-bond acceptors (Lipinski definition) is 5. The maximum Gasteiger partial charge on any atom is 0.363 e. The van der Waals surface area contributed by atoms with E-state index in [9.17, 15) is 4.79 Å². The minimum Gasteiger partial charge on any atom is -0.260 e. The first-order valence-corrected chi connectivity index (χ1v) is 5.45. The number of aromatic amines is 1. The summed E-state index contributed by atoms with van der Waals surface area (Å²) in [6.45, 7) is 3.73. The molecule has 0 spiro atoms. The molecule has 18 heavy (non-hydrogen) atoms. The van der Waals surface area contributed by atoms with Gasteiger partial charge in [0.05, 0.1) is 6.21 Å². The molecule has 1 aromatic carbocycles. The summed E-state index contributed by atoms with van der Waals surface area (Å²) in [6, 6.07) is 7.86. The van der Waals surface area contributed by atoms with Crippen molar-refractivity contribution in [3.05, 3.63) is 51.6 Å². The Balaban J connectivity index is 2.15. The second-order valence-corrected chi connectivity index (χ2v) is 3.80. The molecular weight excluding hydrogens is 230 g/mol. The average Bonchev–Trinajstić information content (AvgIpc) is 2.36. The van der Waals surface area contributed by atoms with Crippen molar-refractivity contribution in [2.24, 2.45) is 5.10 Å². The molecule has 0 aliphatic rings. The van der Waals surface area contributed by atoms with Crippen molar-refractivity contribution in [1.29, 1.82) is 0 Å². The van der Waals surface area contributed by atoms with E-state index in [1.165, 1.54) is 0 Å². The van der Waals surface area contributed by atoms with Gasteiger partial charge in [-0.1, -0.05) is 24.3 Å². The fourth-order valence-electron chi connectivity index (χ4n) is 1.39. The quantitative estimate of drug-likeness (QED) is 0.627. The Morgan fingerprint density at radius 2 is 2.11 bits per heavy atom. The summed E-state index contributed by atoms with van der Waals surface area (Å²) in [5, 5.41) is 10.1. The monoisotopic (exact) mass is 243 g/mol. The Kier molecular flexibility index (Phi) is 3.47. The van der Waals surface area contributed by atoms with Crippen molar-refractivity contribution in [3.8, 4) is 0 Å². The van der Waals surface area contributed by atoms with Gasteiger partial charge >= 0.3 is 5.69 Å². The van der Waals surface area contributed by atoms with Crippen LogP contribution in [0.5, 0.6) is 0 Å². The van der Waals surface area contributed by atoms with Crippen molar-refractivity contribution < 1.29 is 0 Å². The first-order chi connectivity index (χ1) is 8.66. The predicted molar refractivity (Wildman–Crippen MR) is 69.8 cm³/mol. The standard InChI is InChI=1S/C12H13N5O/c1-8-5-3-4-6-10(8)7-13-16-11-9(2)15-17-12(18)14-11/h3-7H,1-2H3,(H2,14,16,17,18)/b13-7-. The van der Waals surface area contributed by atoms with Crippen LogP contribution in [0.1, 0.15) is 16.8 Å². The fraction of sp³-hybridized carbons (Fsp3) is 0.167. The minimum absolute atomic E-state index is 0.351. The molecule has 0 saturated heterocycles. The number of benzene rings is 1. The molecule has 0 saturated carbocycles. The van der Waals surface area contributed by atoms with Crippen molar-refractivity contribution >= 4 is 12.0 Å². The number of hydrazone groups is 1. The molecule has 0 unspecified atom stereocenters. The second-order valence-electron chi connectivity index (χ2n) is 3.80. The molecule has 92 valence electrons. The van der Waals surface area contributed by atoms with Gasteiger partial charge in [-0.3, -0.25) is 5.43 Å². The van der Waals surface area contributed by atoms with Gasteiger partial charge in [-0.05, 0) is 25.0 Å². The summed E-state index contributed by atoms with van der Waals surface area (Å²) < 4.78 is 0. The Hall–Kier alpha value is -2.50. The van der Waals surface area contributed by atoms with E-state index in [0.29, 0.717) is 11.5 Å². The predicted octanol–water partition coefficient (Wildman–Crippen LogP) is 1.23. The lowest BCUT2D eigenvalue weighted by Gasteiger charge is -2.01. The molecule has 2 N–H and O–H groups in total. The number of nitrogens with zero attached hydrogens (tertiary/aromatic N) is 3. The molecule has 2 rings (SSSR count). The fourth-order valence-corrected chi connectivity index (χ4v) is 1.39. The van der Waals surface area contributed by atoms with Gasteiger partial charge in [0.2, 0.25) is 0 Å². The van der Waals surface area contributed by atoms with E-state index in [1.807, 2.05) is 31.2 Å². The second kappa shape index (κ2) is 5.22. The van der Waals surface area contributed by atoms with Crippen LogP contribution in [0.2, 0.25) is 0 Å². The molecule has 1 heterocycles. The van der Waals surface area contributed by atoms with Gasteiger partial charge in [0.15, 0.2) is 5.82 Å². The van der Waals surface area contributed by atoms with Crippen LogP contribution in [-0.4, -0.2) is 21.4 Å². The first-order valence-electron chi connectivity index (χ1n) is 5.45. The number of rotatable bonds is 3. The third kappa shape index (κ3) is 2.79. The van der Waals surface area contributed by atoms with Crippen molar-refractivity contribution in [2.75, 3.05) is 5.43 Å². The van der Waals surface area contributed by atoms with Crippen LogP contribution in [0.4, 0.5) is 5.82 Å². The zero-order valence-corrected chi connectivity index (χ0v) is 10.1.